The van der Waals surface area contributed by atoms with Gasteiger partial charge in [0.2, 0.25) is 11.8 Å². The van der Waals surface area contributed by atoms with Crippen molar-refractivity contribution in [1.29, 1.82) is 0 Å². The van der Waals surface area contributed by atoms with Crippen molar-refractivity contribution in [2.75, 3.05) is 26.2 Å². The van der Waals surface area contributed by atoms with E-state index in [1.165, 1.54) is 16.5 Å². The van der Waals surface area contributed by atoms with E-state index < -0.39 is 6.09 Å². The average molecular weight is 522 g/mol. The molecule has 0 spiro atoms. The lowest BCUT2D eigenvalue weighted by Gasteiger charge is -2.32. The third-order valence-electron chi connectivity index (χ3n) is 5.97. The Hall–Kier alpha value is -4.04. The number of aryl methyl sites for hydroxylation is 2. The van der Waals surface area contributed by atoms with Crippen molar-refractivity contribution in [3.05, 3.63) is 88.1 Å². The number of carboxylic acid groups (broad SMARTS) is 1. The molecule has 2 amide bonds. The SMILES string of the molecule is Cc1ccc(COc2ccc(Oc3c(C)cc(C=CC(=O)N4CCN(C(=O)O)CC4)cc3Cl)nc2)cc1. The molecule has 1 fully saturated rings. The van der Waals surface area contributed by atoms with Crippen LogP contribution < -0.4 is 9.47 Å². The first kappa shape index (κ1) is 26.0. The van der Waals surface area contributed by atoms with E-state index in [0.29, 0.717) is 55.2 Å². The molecule has 0 bridgehead atoms. The third kappa shape index (κ3) is 7.01. The third-order valence-corrected chi connectivity index (χ3v) is 6.25. The zero-order chi connectivity index (χ0) is 26.4. The van der Waals surface area contributed by atoms with Crippen LogP contribution in [0.25, 0.3) is 6.08 Å². The van der Waals surface area contributed by atoms with E-state index in [2.05, 4.69) is 4.98 Å². The summed E-state index contributed by atoms with van der Waals surface area (Å²) >= 11 is 6.49. The van der Waals surface area contributed by atoms with E-state index in [1.807, 2.05) is 44.2 Å². The molecule has 2 aromatic carbocycles. The van der Waals surface area contributed by atoms with Crippen molar-refractivity contribution >= 4 is 29.7 Å². The average Bonchev–Trinajstić information content (AvgIpc) is 2.90. The Morgan fingerprint density at radius 1 is 1.03 bits per heavy atom. The Bertz CT molecular complexity index is 1260. The summed E-state index contributed by atoms with van der Waals surface area (Å²) in [4.78, 5) is 30.8. The molecule has 1 aliphatic heterocycles. The number of halogens is 1. The van der Waals surface area contributed by atoms with Gasteiger partial charge in [0.05, 0.1) is 11.2 Å². The molecule has 192 valence electrons. The number of piperazine rings is 1. The normalized spacial score (nSPS) is 13.6. The second-order valence-corrected chi connectivity index (χ2v) is 9.19. The summed E-state index contributed by atoms with van der Waals surface area (Å²) in [5, 5.41) is 9.43. The van der Waals surface area contributed by atoms with Gasteiger partial charge in [0.25, 0.3) is 0 Å². The Balaban J connectivity index is 1.34. The van der Waals surface area contributed by atoms with E-state index in [1.54, 1.807) is 35.4 Å². The summed E-state index contributed by atoms with van der Waals surface area (Å²) in [6.45, 7) is 5.70. The van der Waals surface area contributed by atoms with Gasteiger partial charge in [0.1, 0.15) is 12.4 Å². The van der Waals surface area contributed by atoms with Crippen molar-refractivity contribution in [1.82, 2.24) is 14.8 Å². The minimum absolute atomic E-state index is 0.173. The van der Waals surface area contributed by atoms with Gasteiger partial charge >= 0.3 is 6.09 Å². The molecule has 0 unspecified atom stereocenters. The molecular weight excluding hydrogens is 494 g/mol. The van der Waals surface area contributed by atoms with Crippen LogP contribution in [0.4, 0.5) is 4.79 Å². The summed E-state index contributed by atoms with van der Waals surface area (Å²) < 4.78 is 11.7. The van der Waals surface area contributed by atoms with Crippen molar-refractivity contribution < 1.29 is 24.2 Å². The lowest BCUT2D eigenvalue weighted by atomic mass is 10.1. The largest absolute Gasteiger partial charge is 0.487 e. The van der Waals surface area contributed by atoms with Crippen LogP contribution in [0, 0.1) is 13.8 Å². The predicted molar refractivity (Wildman–Crippen MR) is 141 cm³/mol. The van der Waals surface area contributed by atoms with Crippen molar-refractivity contribution in [3.8, 4) is 17.4 Å². The first-order chi connectivity index (χ1) is 17.8. The predicted octanol–water partition coefficient (Wildman–Crippen LogP) is 5.56. The number of carbonyl (C=O) groups excluding carboxylic acids is 1. The van der Waals surface area contributed by atoms with Crippen LogP contribution in [0.1, 0.15) is 22.3 Å². The topological polar surface area (TPSA) is 92.2 Å². The van der Waals surface area contributed by atoms with Crippen LogP contribution in [0.2, 0.25) is 5.02 Å². The zero-order valence-electron chi connectivity index (χ0n) is 20.7. The first-order valence-corrected chi connectivity index (χ1v) is 12.2. The second-order valence-electron chi connectivity index (χ2n) is 8.79. The lowest BCUT2D eigenvalue weighted by molar-refractivity contribution is -0.127. The molecule has 0 atom stereocenters. The standard InChI is InChI=1S/C28H28ClN3O5/c1-19-3-5-21(6-4-19)18-36-23-8-9-25(30-17-23)37-27-20(2)15-22(16-24(27)29)7-10-26(33)31-11-13-32(14-12-31)28(34)35/h3-10,15-17H,11-14,18H2,1-2H3,(H,34,35). The Kier molecular flexibility index (Phi) is 8.30. The molecule has 1 N–H and O–H groups in total. The number of nitrogens with zero attached hydrogens (tertiary/aromatic N) is 3. The van der Waals surface area contributed by atoms with Gasteiger partial charge < -0.3 is 24.4 Å². The van der Waals surface area contributed by atoms with Gasteiger partial charge in [-0.25, -0.2) is 9.78 Å². The lowest BCUT2D eigenvalue weighted by Crippen LogP contribution is -2.49. The minimum Gasteiger partial charge on any atom is -0.487 e. The maximum atomic E-state index is 12.5. The molecule has 37 heavy (non-hydrogen) atoms. The van der Waals surface area contributed by atoms with Gasteiger partial charge in [-0.2, -0.15) is 0 Å². The van der Waals surface area contributed by atoms with Gasteiger partial charge in [-0.1, -0.05) is 41.4 Å². The van der Waals surface area contributed by atoms with E-state index in [4.69, 9.17) is 26.2 Å². The molecule has 1 aliphatic rings. The summed E-state index contributed by atoms with van der Waals surface area (Å²) in [7, 11) is 0. The molecule has 0 saturated carbocycles. The highest BCUT2D eigenvalue weighted by atomic mass is 35.5. The summed E-state index contributed by atoms with van der Waals surface area (Å²) in [6, 6.07) is 15.2. The molecule has 4 rings (SSSR count). The number of hydrogen-bond donors (Lipinski definition) is 1. The molecular formula is C28H28ClN3O5. The number of rotatable bonds is 7. The van der Waals surface area contributed by atoms with Crippen LogP contribution in [0.15, 0.2) is 60.8 Å². The van der Waals surface area contributed by atoms with Crippen LogP contribution in [-0.2, 0) is 11.4 Å². The molecule has 9 heteroatoms. The molecule has 3 aromatic rings. The van der Waals surface area contributed by atoms with Crippen molar-refractivity contribution in [3.63, 3.8) is 0 Å². The van der Waals surface area contributed by atoms with Crippen molar-refractivity contribution in [2.24, 2.45) is 0 Å². The van der Waals surface area contributed by atoms with E-state index in [0.717, 1.165) is 16.7 Å². The minimum atomic E-state index is -0.965. The van der Waals surface area contributed by atoms with Gasteiger partial charge in [0.15, 0.2) is 5.75 Å². The number of benzene rings is 2. The smallest absolute Gasteiger partial charge is 0.407 e. The monoisotopic (exact) mass is 521 g/mol. The molecule has 0 aliphatic carbocycles. The van der Waals surface area contributed by atoms with Crippen LogP contribution in [0.3, 0.4) is 0 Å². The maximum absolute atomic E-state index is 12.5. The summed E-state index contributed by atoms with van der Waals surface area (Å²) in [5.41, 5.74) is 3.81. The zero-order valence-corrected chi connectivity index (χ0v) is 21.4. The fraction of sp³-hybridized carbons (Fsp3) is 0.250. The van der Waals surface area contributed by atoms with Gasteiger partial charge in [0, 0.05) is 38.3 Å². The highest BCUT2D eigenvalue weighted by Gasteiger charge is 2.22. The van der Waals surface area contributed by atoms with Gasteiger partial charge in [-0.15, -0.1) is 0 Å². The Labute approximate surface area is 220 Å². The van der Waals surface area contributed by atoms with Crippen LogP contribution in [0.5, 0.6) is 17.4 Å². The highest BCUT2D eigenvalue weighted by molar-refractivity contribution is 6.32. The molecule has 8 nitrogen and oxygen atoms in total. The number of carbonyl (C=O) groups is 2. The van der Waals surface area contributed by atoms with Crippen LogP contribution in [-0.4, -0.2) is 58.1 Å². The number of pyridine rings is 1. The summed E-state index contributed by atoms with van der Waals surface area (Å²) in [6.07, 6.45) is 3.80. The quantitative estimate of drug-likeness (QED) is 0.409. The molecule has 2 heterocycles. The van der Waals surface area contributed by atoms with Crippen LogP contribution >= 0.6 is 11.6 Å². The van der Waals surface area contributed by atoms with E-state index >= 15 is 0 Å². The Morgan fingerprint density at radius 2 is 1.73 bits per heavy atom. The number of hydrogen-bond acceptors (Lipinski definition) is 5. The number of aromatic nitrogens is 1. The summed E-state index contributed by atoms with van der Waals surface area (Å²) in [5.74, 6) is 1.32. The van der Waals surface area contributed by atoms with Gasteiger partial charge in [-0.3, -0.25) is 4.79 Å². The second kappa shape index (κ2) is 11.8. The van der Waals surface area contributed by atoms with Crippen molar-refractivity contribution in [2.45, 2.75) is 20.5 Å². The molecule has 1 saturated heterocycles. The van der Waals surface area contributed by atoms with E-state index in [-0.39, 0.29) is 5.91 Å². The Morgan fingerprint density at radius 3 is 2.35 bits per heavy atom. The molecule has 1 aromatic heterocycles. The highest BCUT2D eigenvalue weighted by Crippen LogP contribution is 2.34. The maximum Gasteiger partial charge on any atom is 0.407 e. The number of amides is 2. The number of ether oxygens (including phenoxy) is 2. The van der Waals surface area contributed by atoms with Gasteiger partial charge in [-0.05, 0) is 54.8 Å². The fourth-order valence-electron chi connectivity index (χ4n) is 3.84. The fourth-order valence-corrected chi connectivity index (χ4v) is 4.16. The van der Waals surface area contributed by atoms with E-state index in [9.17, 15) is 9.59 Å². The first-order valence-electron chi connectivity index (χ1n) is 11.9. The molecule has 0 radical (unpaired) electrons.